The van der Waals surface area contributed by atoms with Gasteiger partial charge in [-0.3, -0.25) is 0 Å². The van der Waals surface area contributed by atoms with Crippen LogP contribution in [0.15, 0.2) is 35.5 Å². The number of anilines is 1. The Labute approximate surface area is 103 Å². The van der Waals surface area contributed by atoms with Gasteiger partial charge in [0.25, 0.3) is 0 Å². The summed E-state index contributed by atoms with van der Waals surface area (Å²) in [6.07, 6.45) is 2.45. The normalized spacial score (nSPS) is 17.1. The summed E-state index contributed by atoms with van der Waals surface area (Å²) in [5, 5.41) is 10.9. The van der Waals surface area contributed by atoms with Crippen LogP contribution in [0.5, 0.6) is 0 Å². The number of likely N-dealkylation sites (N-methyl/N-ethyl adjacent to an activating group) is 1. The number of rotatable bonds is 3. The van der Waals surface area contributed by atoms with Gasteiger partial charge in [0.1, 0.15) is 0 Å². The Balaban J connectivity index is 2.16. The molecule has 1 aromatic rings. The Morgan fingerprint density at radius 2 is 2.00 bits per heavy atom. The molecule has 0 bridgehead atoms. The van der Waals surface area contributed by atoms with Crippen molar-refractivity contribution in [2.24, 2.45) is 0 Å². The van der Waals surface area contributed by atoms with Crippen LogP contribution in [-0.2, 0) is 0 Å². The summed E-state index contributed by atoms with van der Waals surface area (Å²) < 4.78 is 0. The van der Waals surface area contributed by atoms with Gasteiger partial charge in [-0.1, -0.05) is 17.7 Å². The third-order valence-electron chi connectivity index (χ3n) is 3.09. The molecule has 0 aliphatic carbocycles. The highest BCUT2D eigenvalue weighted by Gasteiger charge is 2.14. The lowest BCUT2D eigenvalue weighted by atomic mass is 10.1. The maximum Gasteiger partial charge on any atom is 0.0382 e. The van der Waals surface area contributed by atoms with Gasteiger partial charge in [-0.15, -0.1) is 0 Å². The third kappa shape index (κ3) is 2.94. The monoisotopic (exact) mass is 229 g/mol. The molecule has 1 heterocycles. The van der Waals surface area contributed by atoms with Crippen molar-refractivity contribution in [3.63, 3.8) is 0 Å². The molecule has 0 atom stereocenters. The van der Waals surface area contributed by atoms with E-state index in [1.807, 2.05) is 0 Å². The summed E-state index contributed by atoms with van der Waals surface area (Å²) >= 11 is 0. The standard InChI is InChI=1S/C14H19N3/c1-11-3-5-13(6-4-11)16-14-7-8-17(2)10-12(14)9-15/h3-6,9,15-16H,7-8,10H2,1-2H3. The molecule has 0 saturated carbocycles. The summed E-state index contributed by atoms with van der Waals surface area (Å²) in [7, 11) is 2.09. The van der Waals surface area contributed by atoms with Gasteiger partial charge in [0.15, 0.2) is 0 Å². The Hall–Kier alpha value is -1.61. The van der Waals surface area contributed by atoms with E-state index in [4.69, 9.17) is 5.41 Å². The zero-order chi connectivity index (χ0) is 12.3. The lowest BCUT2D eigenvalue weighted by Gasteiger charge is -2.26. The van der Waals surface area contributed by atoms with Gasteiger partial charge in [0.2, 0.25) is 0 Å². The fraction of sp³-hybridized carbons (Fsp3) is 0.357. The third-order valence-corrected chi connectivity index (χ3v) is 3.09. The van der Waals surface area contributed by atoms with Gasteiger partial charge in [-0.2, -0.15) is 0 Å². The molecular formula is C14H19N3. The Morgan fingerprint density at radius 3 is 2.65 bits per heavy atom. The Bertz CT molecular complexity index is 431. The van der Waals surface area contributed by atoms with E-state index in [1.54, 1.807) is 0 Å². The molecule has 3 nitrogen and oxygen atoms in total. The molecule has 0 spiro atoms. The van der Waals surface area contributed by atoms with E-state index < -0.39 is 0 Å². The zero-order valence-corrected chi connectivity index (χ0v) is 10.5. The van der Waals surface area contributed by atoms with Gasteiger partial charge >= 0.3 is 0 Å². The van der Waals surface area contributed by atoms with Crippen molar-refractivity contribution in [3.05, 3.63) is 41.1 Å². The smallest absolute Gasteiger partial charge is 0.0382 e. The predicted molar refractivity (Wildman–Crippen MR) is 72.7 cm³/mol. The fourth-order valence-corrected chi connectivity index (χ4v) is 2.02. The van der Waals surface area contributed by atoms with Crippen molar-refractivity contribution in [3.8, 4) is 0 Å². The average Bonchev–Trinajstić information content (AvgIpc) is 2.34. The average molecular weight is 229 g/mol. The zero-order valence-electron chi connectivity index (χ0n) is 10.5. The lowest BCUT2D eigenvalue weighted by Crippen LogP contribution is -2.30. The first-order valence-electron chi connectivity index (χ1n) is 5.94. The molecule has 2 N–H and O–H groups in total. The number of hydrogen-bond acceptors (Lipinski definition) is 3. The molecule has 0 amide bonds. The maximum absolute atomic E-state index is 7.47. The highest BCUT2D eigenvalue weighted by atomic mass is 15.1. The second kappa shape index (κ2) is 5.15. The van der Waals surface area contributed by atoms with Gasteiger partial charge in [0, 0.05) is 42.7 Å². The van der Waals surface area contributed by atoms with Gasteiger partial charge < -0.3 is 15.6 Å². The van der Waals surface area contributed by atoms with Crippen LogP contribution in [0.4, 0.5) is 5.69 Å². The van der Waals surface area contributed by atoms with Crippen LogP contribution in [0.1, 0.15) is 12.0 Å². The van der Waals surface area contributed by atoms with Crippen LogP contribution < -0.4 is 5.32 Å². The maximum atomic E-state index is 7.47. The lowest BCUT2D eigenvalue weighted by molar-refractivity contribution is 0.355. The van der Waals surface area contributed by atoms with Crippen LogP contribution >= 0.6 is 0 Å². The molecule has 1 aliphatic rings. The molecule has 0 fully saturated rings. The van der Waals surface area contributed by atoms with Crippen molar-refractivity contribution in [2.45, 2.75) is 13.3 Å². The number of benzene rings is 1. The number of nitrogens with zero attached hydrogens (tertiary/aromatic N) is 1. The van der Waals surface area contributed by atoms with Crippen LogP contribution in [-0.4, -0.2) is 31.3 Å². The van der Waals surface area contributed by atoms with Crippen molar-refractivity contribution < 1.29 is 0 Å². The first kappa shape index (κ1) is 11.9. The second-order valence-electron chi connectivity index (χ2n) is 4.63. The van der Waals surface area contributed by atoms with Crippen molar-refractivity contribution in [1.29, 1.82) is 5.41 Å². The molecule has 0 saturated heterocycles. The molecule has 0 aromatic heterocycles. The molecule has 90 valence electrons. The summed E-state index contributed by atoms with van der Waals surface area (Å²) in [6.45, 7) is 3.99. The van der Waals surface area contributed by atoms with Gasteiger partial charge in [-0.05, 0) is 26.1 Å². The van der Waals surface area contributed by atoms with Crippen molar-refractivity contribution in [2.75, 3.05) is 25.5 Å². The summed E-state index contributed by atoms with van der Waals surface area (Å²) in [6, 6.07) is 8.37. The second-order valence-corrected chi connectivity index (χ2v) is 4.63. The molecule has 2 rings (SSSR count). The molecule has 3 heteroatoms. The Kier molecular flexibility index (Phi) is 3.59. The van der Waals surface area contributed by atoms with Gasteiger partial charge in [0.05, 0.1) is 0 Å². The highest BCUT2D eigenvalue weighted by molar-refractivity contribution is 5.79. The fourth-order valence-electron chi connectivity index (χ4n) is 2.02. The van der Waals surface area contributed by atoms with E-state index in [1.165, 1.54) is 17.5 Å². The van der Waals surface area contributed by atoms with Crippen LogP contribution in [0.2, 0.25) is 0 Å². The topological polar surface area (TPSA) is 39.1 Å². The first-order chi connectivity index (χ1) is 8.19. The van der Waals surface area contributed by atoms with Crippen molar-refractivity contribution in [1.82, 2.24) is 4.90 Å². The van der Waals surface area contributed by atoms with E-state index in [9.17, 15) is 0 Å². The van der Waals surface area contributed by atoms with Gasteiger partial charge in [-0.25, -0.2) is 0 Å². The molecule has 1 aliphatic heterocycles. The van der Waals surface area contributed by atoms with E-state index in [0.717, 1.165) is 30.8 Å². The SMILES string of the molecule is Cc1ccc(NC2=C(C=N)CN(C)CC2)cc1. The summed E-state index contributed by atoms with van der Waals surface area (Å²) in [5.41, 5.74) is 4.64. The molecular weight excluding hydrogens is 210 g/mol. The van der Waals surface area contributed by atoms with E-state index >= 15 is 0 Å². The molecule has 17 heavy (non-hydrogen) atoms. The number of nitrogens with one attached hydrogen (secondary N) is 2. The number of aryl methyl sites for hydroxylation is 1. The first-order valence-corrected chi connectivity index (χ1v) is 5.94. The Morgan fingerprint density at radius 1 is 1.29 bits per heavy atom. The predicted octanol–water partition coefficient (Wildman–Crippen LogP) is 2.65. The quantitative estimate of drug-likeness (QED) is 0.782. The van der Waals surface area contributed by atoms with E-state index in [-0.39, 0.29) is 0 Å². The summed E-state index contributed by atoms with van der Waals surface area (Å²) in [4.78, 5) is 2.24. The summed E-state index contributed by atoms with van der Waals surface area (Å²) in [5.74, 6) is 0. The van der Waals surface area contributed by atoms with E-state index in [2.05, 4.69) is 48.5 Å². The number of hydrogen-bond donors (Lipinski definition) is 2. The minimum absolute atomic E-state index is 0.859. The minimum atomic E-state index is 0.859. The van der Waals surface area contributed by atoms with Crippen LogP contribution in [0.3, 0.4) is 0 Å². The highest BCUT2D eigenvalue weighted by Crippen LogP contribution is 2.19. The van der Waals surface area contributed by atoms with Crippen molar-refractivity contribution >= 4 is 11.9 Å². The molecule has 0 unspecified atom stereocenters. The van der Waals surface area contributed by atoms with Crippen LogP contribution in [0, 0.1) is 12.3 Å². The minimum Gasteiger partial charge on any atom is -0.359 e. The molecule has 0 radical (unpaired) electrons. The molecule has 1 aromatic carbocycles. The van der Waals surface area contributed by atoms with Crippen LogP contribution in [0.25, 0.3) is 0 Å². The largest absolute Gasteiger partial charge is 0.359 e. The van der Waals surface area contributed by atoms with E-state index in [0.29, 0.717) is 0 Å².